The molecule has 1 aromatic carbocycles. The van der Waals surface area contributed by atoms with Crippen LogP contribution in [0.4, 0.5) is 0 Å². The zero-order valence-corrected chi connectivity index (χ0v) is 22.2. The van der Waals surface area contributed by atoms with Gasteiger partial charge in [-0.2, -0.15) is 11.8 Å². The molecule has 1 unspecified atom stereocenters. The van der Waals surface area contributed by atoms with Gasteiger partial charge in [0.25, 0.3) is 0 Å². The van der Waals surface area contributed by atoms with Crippen LogP contribution < -0.4 is 15.4 Å². The lowest BCUT2D eigenvalue weighted by molar-refractivity contribution is 0.0793. The molecule has 174 valence electrons. The van der Waals surface area contributed by atoms with Crippen LogP contribution >= 0.6 is 35.7 Å². The van der Waals surface area contributed by atoms with Crippen molar-refractivity contribution in [3.8, 4) is 5.75 Å². The van der Waals surface area contributed by atoms with Crippen molar-refractivity contribution in [2.24, 2.45) is 4.99 Å². The Morgan fingerprint density at radius 3 is 2.71 bits per heavy atom. The van der Waals surface area contributed by atoms with E-state index in [4.69, 9.17) is 18.9 Å². The number of hydrogen-bond acceptors (Lipinski definition) is 5. The zero-order chi connectivity index (χ0) is 21.4. The fraction of sp³-hybridized carbons (Fsp3) is 0.609. The first kappa shape index (κ1) is 26.1. The molecule has 0 bridgehead atoms. The SMILES string of the molecule is CCNC(=NCC1(SCC)CCOCC1)NC(C)c1cc2cccc(OCC)c2o1.I. The van der Waals surface area contributed by atoms with Crippen molar-refractivity contribution in [3.05, 3.63) is 30.0 Å². The van der Waals surface area contributed by atoms with E-state index in [1.165, 1.54) is 0 Å². The molecule has 1 aliphatic rings. The van der Waals surface area contributed by atoms with E-state index in [-0.39, 0.29) is 34.8 Å². The molecule has 1 atom stereocenters. The summed E-state index contributed by atoms with van der Waals surface area (Å²) in [5.41, 5.74) is 0.797. The molecular weight excluding hydrogens is 525 g/mol. The number of thioether (sulfide) groups is 1. The number of hydrogen-bond donors (Lipinski definition) is 2. The van der Waals surface area contributed by atoms with Crippen LogP contribution in [-0.4, -0.2) is 49.4 Å². The smallest absolute Gasteiger partial charge is 0.191 e. The number of rotatable bonds is 9. The van der Waals surface area contributed by atoms with Gasteiger partial charge in [0.2, 0.25) is 0 Å². The zero-order valence-electron chi connectivity index (χ0n) is 19.0. The molecule has 1 aromatic heterocycles. The van der Waals surface area contributed by atoms with Crippen LogP contribution in [0.3, 0.4) is 0 Å². The first-order chi connectivity index (χ1) is 14.6. The van der Waals surface area contributed by atoms with Gasteiger partial charge in [0, 0.05) is 29.9 Å². The summed E-state index contributed by atoms with van der Waals surface area (Å²) in [6, 6.07) is 8.05. The fourth-order valence-electron chi connectivity index (χ4n) is 3.76. The fourth-order valence-corrected chi connectivity index (χ4v) is 4.98. The number of ether oxygens (including phenoxy) is 2. The van der Waals surface area contributed by atoms with Crippen molar-refractivity contribution >= 4 is 52.7 Å². The van der Waals surface area contributed by atoms with Gasteiger partial charge in [-0.15, -0.1) is 24.0 Å². The first-order valence-corrected chi connectivity index (χ1v) is 12.0. The van der Waals surface area contributed by atoms with Crippen molar-refractivity contribution in [1.29, 1.82) is 0 Å². The summed E-state index contributed by atoms with van der Waals surface area (Å²) in [6.45, 7) is 12.2. The molecule has 1 saturated heterocycles. The third-order valence-corrected chi connectivity index (χ3v) is 6.77. The predicted molar refractivity (Wildman–Crippen MR) is 141 cm³/mol. The molecule has 1 aliphatic heterocycles. The Balaban J connectivity index is 0.00000341. The van der Waals surface area contributed by atoms with Crippen molar-refractivity contribution in [2.75, 3.05) is 38.7 Å². The highest BCUT2D eigenvalue weighted by Gasteiger charge is 2.32. The van der Waals surface area contributed by atoms with Crippen LogP contribution in [0, 0.1) is 0 Å². The minimum atomic E-state index is -0.0193. The molecule has 2 heterocycles. The van der Waals surface area contributed by atoms with Gasteiger partial charge in [-0.25, -0.2) is 0 Å². The molecule has 8 heteroatoms. The Morgan fingerprint density at radius 1 is 1.26 bits per heavy atom. The number of benzene rings is 1. The molecule has 31 heavy (non-hydrogen) atoms. The summed E-state index contributed by atoms with van der Waals surface area (Å²) >= 11 is 2.01. The lowest BCUT2D eigenvalue weighted by Crippen LogP contribution is -2.41. The number of fused-ring (bicyclic) bond motifs is 1. The summed E-state index contributed by atoms with van der Waals surface area (Å²) in [5.74, 6) is 3.56. The van der Waals surface area contributed by atoms with Gasteiger partial charge < -0.3 is 24.5 Å². The second-order valence-electron chi connectivity index (χ2n) is 7.55. The quantitative estimate of drug-likeness (QED) is 0.244. The summed E-state index contributed by atoms with van der Waals surface area (Å²) in [6.07, 6.45) is 2.10. The normalized spacial score (nSPS) is 17.1. The third-order valence-electron chi connectivity index (χ3n) is 5.33. The third kappa shape index (κ3) is 6.92. The number of nitrogens with one attached hydrogen (secondary N) is 2. The van der Waals surface area contributed by atoms with Gasteiger partial charge in [0.05, 0.1) is 19.2 Å². The molecule has 0 aliphatic carbocycles. The Morgan fingerprint density at radius 2 is 2.03 bits per heavy atom. The number of nitrogens with zero attached hydrogens (tertiary/aromatic N) is 1. The van der Waals surface area contributed by atoms with E-state index >= 15 is 0 Å². The average Bonchev–Trinajstić information content (AvgIpc) is 3.19. The number of aliphatic imine (C=N–C) groups is 1. The Hall–Kier alpha value is -1.13. The van der Waals surface area contributed by atoms with E-state index in [2.05, 4.69) is 37.5 Å². The van der Waals surface area contributed by atoms with Crippen LogP contribution in [0.2, 0.25) is 0 Å². The molecule has 0 spiro atoms. The summed E-state index contributed by atoms with van der Waals surface area (Å²) in [4.78, 5) is 4.95. The first-order valence-electron chi connectivity index (χ1n) is 11.0. The van der Waals surface area contributed by atoms with E-state index in [0.29, 0.717) is 6.61 Å². The van der Waals surface area contributed by atoms with Crippen LogP contribution in [0.5, 0.6) is 5.75 Å². The predicted octanol–water partition coefficient (Wildman–Crippen LogP) is 5.37. The highest BCUT2D eigenvalue weighted by Crippen LogP contribution is 2.36. The lowest BCUT2D eigenvalue weighted by atomic mass is 9.99. The minimum Gasteiger partial charge on any atom is -0.490 e. The van der Waals surface area contributed by atoms with Crippen molar-refractivity contribution in [1.82, 2.24) is 10.6 Å². The number of furan rings is 1. The maximum atomic E-state index is 6.15. The lowest BCUT2D eigenvalue weighted by Gasteiger charge is -2.35. The molecule has 1 fully saturated rings. The van der Waals surface area contributed by atoms with Crippen LogP contribution in [0.25, 0.3) is 11.0 Å². The van der Waals surface area contributed by atoms with E-state index in [1.807, 2.05) is 36.9 Å². The Kier molecular flexibility index (Phi) is 10.8. The molecule has 0 saturated carbocycles. The molecule has 2 aromatic rings. The van der Waals surface area contributed by atoms with Crippen LogP contribution in [0.1, 0.15) is 52.3 Å². The monoisotopic (exact) mass is 561 g/mol. The highest BCUT2D eigenvalue weighted by molar-refractivity contribution is 14.0. The number of para-hydroxylation sites is 1. The summed E-state index contributed by atoms with van der Waals surface area (Å²) in [5, 5.41) is 7.94. The number of guanidine groups is 1. The van der Waals surface area contributed by atoms with E-state index in [0.717, 1.165) is 73.3 Å². The topological polar surface area (TPSA) is 68.0 Å². The maximum Gasteiger partial charge on any atom is 0.191 e. The van der Waals surface area contributed by atoms with Gasteiger partial charge in [-0.3, -0.25) is 4.99 Å². The standard InChI is InChI=1S/C23H35N3O3S.HI/c1-5-24-22(25-16-23(30-7-3)11-13-27-14-12-23)26-17(4)20-15-18-9-8-10-19(28-6-2)21(18)29-20;/h8-10,15,17H,5-7,11-14,16H2,1-4H3,(H2,24,25,26);1H. The second-order valence-corrected chi connectivity index (χ2v) is 9.28. The van der Waals surface area contributed by atoms with E-state index in [9.17, 15) is 0 Å². The number of halogens is 1. The molecule has 6 nitrogen and oxygen atoms in total. The van der Waals surface area contributed by atoms with Crippen molar-refractivity contribution in [2.45, 2.75) is 51.3 Å². The average molecular weight is 562 g/mol. The Bertz CT molecular complexity index is 831. The van der Waals surface area contributed by atoms with E-state index in [1.54, 1.807) is 0 Å². The summed E-state index contributed by atoms with van der Waals surface area (Å²) in [7, 11) is 0. The van der Waals surface area contributed by atoms with Crippen molar-refractivity contribution < 1.29 is 13.9 Å². The van der Waals surface area contributed by atoms with Crippen LogP contribution in [0.15, 0.2) is 33.7 Å². The molecular formula is C23H36IN3O3S. The second kappa shape index (κ2) is 12.8. The van der Waals surface area contributed by atoms with Crippen molar-refractivity contribution in [3.63, 3.8) is 0 Å². The molecule has 0 amide bonds. The largest absolute Gasteiger partial charge is 0.490 e. The maximum absolute atomic E-state index is 6.15. The molecule has 0 radical (unpaired) electrons. The van der Waals surface area contributed by atoms with Gasteiger partial charge >= 0.3 is 0 Å². The summed E-state index contributed by atoms with van der Waals surface area (Å²) < 4.78 is 17.6. The van der Waals surface area contributed by atoms with Gasteiger partial charge in [0.15, 0.2) is 17.3 Å². The minimum absolute atomic E-state index is 0. The van der Waals surface area contributed by atoms with Gasteiger partial charge in [-0.1, -0.05) is 19.1 Å². The van der Waals surface area contributed by atoms with E-state index < -0.39 is 0 Å². The highest BCUT2D eigenvalue weighted by atomic mass is 127. The van der Waals surface area contributed by atoms with Crippen LogP contribution in [-0.2, 0) is 4.74 Å². The van der Waals surface area contributed by atoms with Gasteiger partial charge in [0.1, 0.15) is 5.76 Å². The molecule has 3 rings (SSSR count). The molecule has 2 N–H and O–H groups in total. The van der Waals surface area contributed by atoms with Gasteiger partial charge in [-0.05, 0) is 51.5 Å². The Labute approximate surface area is 207 Å².